The molecule has 132 valence electrons. The van der Waals surface area contributed by atoms with Crippen molar-refractivity contribution >= 4 is 17.5 Å². The maximum Gasteiger partial charge on any atom is 0.254 e. The molecule has 0 unspecified atom stereocenters. The molecule has 1 aliphatic rings. The van der Waals surface area contributed by atoms with Crippen molar-refractivity contribution in [3.05, 3.63) is 41.5 Å². The van der Waals surface area contributed by atoms with Crippen molar-refractivity contribution in [3.63, 3.8) is 0 Å². The third-order valence-corrected chi connectivity index (χ3v) is 4.36. The Bertz CT molecular complexity index is 766. The molecule has 0 fully saturated rings. The molecule has 2 amide bonds. The number of hydrogen-bond acceptors (Lipinski definition) is 4. The van der Waals surface area contributed by atoms with Gasteiger partial charge in [0.1, 0.15) is 5.82 Å². The lowest BCUT2D eigenvalue weighted by Crippen LogP contribution is -2.28. The van der Waals surface area contributed by atoms with Gasteiger partial charge in [0.2, 0.25) is 5.91 Å². The lowest BCUT2D eigenvalue weighted by atomic mass is 10.2. The molecule has 1 aliphatic heterocycles. The molecular weight excluding hydrogens is 318 g/mol. The number of carbonyl (C=O) groups is 2. The van der Waals surface area contributed by atoms with E-state index in [-0.39, 0.29) is 11.8 Å². The Morgan fingerprint density at radius 2 is 1.92 bits per heavy atom. The zero-order chi connectivity index (χ0) is 17.8. The number of rotatable bonds is 4. The van der Waals surface area contributed by atoms with Crippen LogP contribution in [0, 0.1) is 0 Å². The molecule has 0 spiro atoms. The van der Waals surface area contributed by atoms with Crippen molar-refractivity contribution < 1.29 is 9.59 Å². The SMILES string of the molecule is CC(=O)Nc1ccc(C(=O)N(C)Cc2nnc3n2CCCCC3)cc1. The van der Waals surface area contributed by atoms with Crippen LogP contribution in [0.1, 0.15) is 48.2 Å². The van der Waals surface area contributed by atoms with Crippen LogP contribution in [0.5, 0.6) is 0 Å². The van der Waals surface area contributed by atoms with Gasteiger partial charge < -0.3 is 14.8 Å². The highest BCUT2D eigenvalue weighted by atomic mass is 16.2. The van der Waals surface area contributed by atoms with Gasteiger partial charge >= 0.3 is 0 Å². The quantitative estimate of drug-likeness (QED) is 0.925. The summed E-state index contributed by atoms with van der Waals surface area (Å²) in [5, 5.41) is 11.2. The highest BCUT2D eigenvalue weighted by molar-refractivity contribution is 5.95. The average Bonchev–Trinajstić information content (AvgIpc) is 2.81. The molecule has 1 aromatic carbocycles. The molecule has 1 N–H and O–H groups in total. The summed E-state index contributed by atoms with van der Waals surface area (Å²) >= 11 is 0. The van der Waals surface area contributed by atoms with Crippen LogP contribution in [0.15, 0.2) is 24.3 Å². The molecule has 2 aromatic rings. The molecule has 3 rings (SSSR count). The van der Waals surface area contributed by atoms with Crippen molar-refractivity contribution in [2.45, 2.75) is 45.7 Å². The van der Waals surface area contributed by atoms with Crippen LogP contribution in [-0.2, 0) is 24.3 Å². The number of benzene rings is 1. The van der Waals surface area contributed by atoms with E-state index in [4.69, 9.17) is 0 Å². The maximum absolute atomic E-state index is 12.6. The van der Waals surface area contributed by atoms with Gasteiger partial charge in [0, 0.05) is 38.2 Å². The first-order chi connectivity index (χ1) is 12.0. The van der Waals surface area contributed by atoms with Crippen LogP contribution in [0.2, 0.25) is 0 Å². The van der Waals surface area contributed by atoms with Gasteiger partial charge in [-0.25, -0.2) is 0 Å². The van der Waals surface area contributed by atoms with Crippen LogP contribution >= 0.6 is 0 Å². The Balaban J connectivity index is 1.69. The fraction of sp³-hybridized carbons (Fsp3) is 0.444. The van der Waals surface area contributed by atoms with Crippen molar-refractivity contribution in [2.75, 3.05) is 12.4 Å². The van der Waals surface area contributed by atoms with Gasteiger partial charge in [0.15, 0.2) is 5.82 Å². The maximum atomic E-state index is 12.6. The fourth-order valence-electron chi connectivity index (χ4n) is 3.07. The van der Waals surface area contributed by atoms with Crippen LogP contribution in [-0.4, -0.2) is 38.5 Å². The summed E-state index contributed by atoms with van der Waals surface area (Å²) in [6.07, 6.45) is 4.43. The minimum absolute atomic E-state index is 0.0830. The van der Waals surface area contributed by atoms with Gasteiger partial charge in [-0.2, -0.15) is 0 Å². The van der Waals surface area contributed by atoms with E-state index in [1.807, 2.05) is 0 Å². The fourth-order valence-corrected chi connectivity index (χ4v) is 3.07. The smallest absolute Gasteiger partial charge is 0.254 e. The van der Waals surface area contributed by atoms with Crippen molar-refractivity contribution in [2.24, 2.45) is 0 Å². The molecule has 0 saturated carbocycles. The molecule has 0 atom stereocenters. The molecule has 2 heterocycles. The zero-order valence-corrected chi connectivity index (χ0v) is 14.7. The summed E-state index contributed by atoms with van der Waals surface area (Å²) in [5.74, 6) is 1.64. The number of aromatic nitrogens is 3. The molecule has 7 nitrogen and oxygen atoms in total. The zero-order valence-electron chi connectivity index (χ0n) is 14.7. The predicted octanol–water partition coefficient (Wildman–Crippen LogP) is 2.24. The Kier molecular flexibility index (Phi) is 5.11. The normalized spacial score (nSPS) is 13.7. The molecule has 0 aliphatic carbocycles. The Morgan fingerprint density at radius 1 is 1.16 bits per heavy atom. The van der Waals surface area contributed by atoms with Crippen LogP contribution in [0.4, 0.5) is 5.69 Å². The summed E-state index contributed by atoms with van der Waals surface area (Å²) in [7, 11) is 1.77. The second-order valence-electron chi connectivity index (χ2n) is 6.41. The number of hydrogen-bond donors (Lipinski definition) is 1. The number of amides is 2. The summed E-state index contributed by atoms with van der Waals surface area (Å²) < 4.78 is 2.15. The van der Waals surface area contributed by atoms with E-state index in [9.17, 15) is 9.59 Å². The van der Waals surface area contributed by atoms with Crippen molar-refractivity contribution in [1.82, 2.24) is 19.7 Å². The third kappa shape index (κ3) is 4.04. The monoisotopic (exact) mass is 341 g/mol. The summed E-state index contributed by atoms with van der Waals surface area (Å²) in [6, 6.07) is 6.89. The highest BCUT2D eigenvalue weighted by Gasteiger charge is 2.18. The number of nitrogens with zero attached hydrogens (tertiary/aromatic N) is 4. The summed E-state index contributed by atoms with van der Waals surface area (Å²) in [5.41, 5.74) is 1.25. The Morgan fingerprint density at radius 3 is 2.64 bits per heavy atom. The number of nitrogens with one attached hydrogen (secondary N) is 1. The van der Waals surface area contributed by atoms with Gasteiger partial charge in [-0.3, -0.25) is 9.59 Å². The van der Waals surface area contributed by atoms with E-state index >= 15 is 0 Å². The number of carbonyl (C=O) groups excluding carboxylic acids is 2. The third-order valence-electron chi connectivity index (χ3n) is 4.36. The Hall–Kier alpha value is -2.70. The molecule has 25 heavy (non-hydrogen) atoms. The minimum atomic E-state index is -0.135. The Labute approximate surface area is 147 Å². The lowest BCUT2D eigenvalue weighted by molar-refractivity contribution is -0.114. The van der Waals surface area contributed by atoms with Crippen LogP contribution < -0.4 is 5.32 Å². The molecule has 7 heteroatoms. The molecule has 0 radical (unpaired) electrons. The number of aryl methyl sites for hydroxylation is 1. The van der Waals surface area contributed by atoms with Gasteiger partial charge in [-0.1, -0.05) is 6.42 Å². The lowest BCUT2D eigenvalue weighted by Gasteiger charge is -2.17. The molecule has 0 saturated heterocycles. The van der Waals surface area contributed by atoms with Crippen LogP contribution in [0.3, 0.4) is 0 Å². The minimum Gasteiger partial charge on any atom is -0.334 e. The molecular formula is C18H23N5O2. The van der Waals surface area contributed by atoms with Crippen LogP contribution in [0.25, 0.3) is 0 Å². The average molecular weight is 341 g/mol. The van der Waals surface area contributed by atoms with Crippen molar-refractivity contribution in [3.8, 4) is 0 Å². The van der Waals surface area contributed by atoms with Gasteiger partial charge in [0.25, 0.3) is 5.91 Å². The highest BCUT2D eigenvalue weighted by Crippen LogP contribution is 2.16. The second kappa shape index (κ2) is 7.46. The summed E-state index contributed by atoms with van der Waals surface area (Å²) in [4.78, 5) is 25.3. The van der Waals surface area contributed by atoms with E-state index in [0.29, 0.717) is 17.8 Å². The first kappa shape index (κ1) is 17.1. The first-order valence-electron chi connectivity index (χ1n) is 8.58. The largest absolute Gasteiger partial charge is 0.334 e. The topological polar surface area (TPSA) is 80.1 Å². The van der Waals surface area contributed by atoms with Crippen molar-refractivity contribution in [1.29, 1.82) is 0 Å². The van der Waals surface area contributed by atoms with E-state index in [1.165, 1.54) is 13.3 Å². The van der Waals surface area contributed by atoms with Gasteiger partial charge in [-0.15, -0.1) is 10.2 Å². The van der Waals surface area contributed by atoms with Gasteiger partial charge in [-0.05, 0) is 37.1 Å². The standard InChI is InChI=1S/C18H23N5O2/c1-13(24)19-15-9-7-14(8-10-15)18(25)22(2)12-17-21-20-16-6-4-3-5-11-23(16)17/h7-10H,3-6,11-12H2,1-2H3,(H,19,24). The predicted molar refractivity (Wildman–Crippen MR) is 94.1 cm³/mol. The van der Waals surface area contributed by atoms with E-state index < -0.39 is 0 Å². The van der Waals surface area contributed by atoms with Gasteiger partial charge in [0.05, 0.1) is 6.54 Å². The second-order valence-corrected chi connectivity index (χ2v) is 6.41. The number of anilines is 1. The molecule has 0 bridgehead atoms. The van der Waals surface area contributed by atoms with E-state index in [1.54, 1.807) is 36.2 Å². The first-order valence-corrected chi connectivity index (χ1v) is 8.58. The molecule has 1 aromatic heterocycles. The summed E-state index contributed by atoms with van der Waals surface area (Å²) in [6.45, 7) is 2.80. The van der Waals surface area contributed by atoms with E-state index in [2.05, 4.69) is 20.1 Å². The number of fused-ring (bicyclic) bond motifs is 1. The van der Waals surface area contributed by atoms with E-state index in [0.717, 1.165) is 37.5 Å².